The first-order valence-electron chi connectivity index (χ1n) is 11.8. The van der Waals surface area contributed by atoms with E-state index in [0.29, 0.717) is 17.7 Å². The zero-order valence-electron chi connectivity index (χ0n) is 20.3. The van der Waals surface area contributed by atoms with Crippen LogP contribution in [0.15, 0.2) is 83.5 Å². The number of para-hydroxylation sites is 1. The maximum atomic E-state index is 6.70. The van der Waals surface area contributed by atoms with E-state index in [-0.39, 0.29) is 12.1 Å². The van der Waals surface area contributed by atoms with Crippen LogP contribution in [0.4, 0.5) is 5.95 Å². The van der Waals surface area contributed by atoms with E-state index < -0.39 is 0 Å². The lowest BCUT2D eigenvalue weighted by molar-refractivity contribution is 0.222. The van der Waals surface area contributed by atoms with Crippen molar-refractivity contribution in [2.24, 2.45) is 0 Å². The van der Waals surface area contributed by atoms with Crippen molar-refractivity contribution in [2.75, 3.05) is 25.3 Å². The normalized spacial score (nSPS) is 17.9. The highest BCUT2D eigenvalue weighted by Gasteiger charge is 2.41. The van der Waals surface area contributed by atoms with Crippen LogP contribution >= 0.6 is 11.8 Å². The van der Waals surface area contributed by atoms with Crippen LogP contribution in [0, 0.1) is 0 Å². The van der Waals surface area contributed by atoms with Gasteiger partial charge >= 0.3 is 0 Å². The number of thioether (sulfide) groups is 1. The number of nitrogens with zero attached hydrogens (tertiary/aromatic N) is 3. The molecule has 1 N–H and O–H groups in total. The highest BCUT2D eigenvalue weighted by molar-refractivity contribution is 7.98. The average Bonchev–Trinajstić information content (AvgIpc) is 3.35. The zero-order valence-corrected chi connectivity index (χ0v) is 21.1. The van der Waals surface area contributed by atoms with E-state index in [4.69, 9.17) is 24.3 Å². The zero-order chi connectivity index (χ0) is 24.6. The second-order valence-electron chi connectivity index (χ2n) is 8.49. The summed E-state index contributed by atoms with van der Waals surface area (Å²) >= 11 is 1.52. The first-order chi connectivity index (χ1) is 17.7. The van der Waals surface area contributed by atoms with E-state index >= 15 is 0 Å². The predicted octanol–water partition coefficient (Wildman–Crippen LogP) is 5.97. The minimum absolute atomic E-state index is 0.222. The summed E-state index contributed by atoms with van der Waals surface area (Å²) < 4.78 is 19.8. The molecule has 2 atom stereocenters. The van der Waals surface area contributed by atoms with E-state index in [2.05, 4.69) is 35.6 Å². The lowest BCUT2D eigenvalue weighted by atomic mass is 9.84. The Bertz CT molecular complexity index is 1430. The number of aromatic nitrogens is 3. The Balaban J connectivity index is 1.56. The Morgan fingerprint density at radius 1 is 0.972 bits per heavy atom. The van der Waals surface area contributed by atoms with E-state index in [1.165, 1.54) is 11.8 Å². The SMILES string of the molecule is CCOc1ccc([C@H]2Oc3ccccc3C3=C2[C@H](c2ccc(OC)cc2)n2nc(SC)nc2N3)cc1. The van der Waals surface area contributed by atoms with Gasteiger partial charge in [0.25, 0.3) is 0 Å². The van der Waals surface area contributed by atoms with Gasteiger partial charge in [0.1, 0.15) is 29.4 Å². The van der Waals surface area contributed by atoms with E-state index in [1.807, 2.05) is 60.3 Å². The van der Waals surface area contributed by atoms with Crippen molar-refractivity contribution in [2.45, 2.75) is 24.2 Å². The van der Waals surface area contributed by atoms with Crippen molar-refractivity contribution >= 4 is 23.4 Å². The molecule has 4 aromatic rings. The third-order valence-corrected chi connectivity index (χ3v) is 7.01. The maximum Gasteiger partial charge on any atom is 0.227 e. The smallest absolute Gasteiger partial charge is 0.227 e. The van der Waals surface area contributed by atoms with Crippen molar-refractivity contribution in [3.63, 3.8) is 0 Å². The van der Waals surface area contributed by atoms with Crippen LogP contribution in [0.1, 0.15) is 35.8 Å². The summed E-state index contributed by atoms with van der Waals surface area (Å²) in [4.78, 5) is 4.76. The number of ether oxygens (including phenoxy) is 3. The quantitative estimate of drug-likeness (QED) is 0.329. The van der Waals surface area contributed by atoms with Crippen molar-refractivity contribution in [3.8, 4) is 17.2 Å². The Morgan fingerprint density at radius 3 is 2.42 bits per heavy atom. The van der Waals surface area contributed by atoms with E-state index in [0.717, 1.165) is 45.2 Å². The van der Waals surface area contributed by atoms with Crippen LogP contribution in [-0.4, -0.2) is 34.7 Å². The fourth-order valence-corrected chi connectivity index (χ4v) is 5.18. The van der Waals surface area contributed by atoms with Crippen LogP contribution in [0.5, 0.6) is 17.2 Å². The number of nitrogens with one attached hydrogen (secondary N) is 1. The lowest BCUT2D eigenvalue weighted by Gasteiger charge is -2.39. The molecule has 0 amide bonds. The topological polar surface area (TPSA) is 70.4 Å². The van der Waals surface area contributed by atoms with Gasteiger partial charge in [0.15, 0.2) is 0 Å². The monoisotopic (exact) mass is 498 g/mol. The Hall–Kier alpha value is -3.91. The van der Waals surface area contributed by atoms with Gasteiger partial charge in [0.2, 0.25) is 11.1 Å². The molecule has 3 heterocycles. The molecule has 8 heteroatoms. The minimum atomic E-state index is -0.333. The largest absolute Gasteiger partial charge is 0.497 e. The molecule has 0 unspecified atom stereocenters. The summed E-state index contributed by atoms with van der Waals surface area (Å²) in [6.07, 6.45) is 1.65. The molecule has 36 heavy (non-hydrogen) atoms. The molecule has 2 aliphatic heterocycles. The summed E-state index contributed by atoms with van der Waals surface area (Å²) in [7, 11) is 1.67. The summed E-state index contributed by atoms with van der Waals surface area (Å²) in [5, 5.41) is 9.15. The number of hydrogen-bond donors (Lipinski definition) is 1. The molecule has 0 saturated carbocycles. The second kappa shape index (κ2) is 9.28. The van der Waals surface area contributed by atoms with Gasteiger partial charge in [-0.2, -0.15) is 4.98 Å². The number of hydrogen-bond acceptors (Lipinski definition) is 7. The number of anilines is 1. The van der Waals surface area contributed by atoms with Crippen LogP contribution in [0.25, 0.3) is 5.70 Å². The molecular formula is C28H26N4O3S. The van der Waals surface area contributed by atoms with Crippen molar-refractivity contribution in [3.05, 3.63) is 95.1 Å². The fourth-order valence-electron chi connectivity index (χ4n) is 4.83. The average molecular weight is 499 g/mol. The molecule has 0 spiro atoms. The summed E-state index contributed by atoms with van der Waals surface area (Å²) in [6.45, 7) is 2.61. The summed E-state index contributed by atoms with van der Waals surface area (Å²) in [5.41, 5.74) is 5.20. The number of fused-ring (bicyclic) bond motifs is 3. The number of rotatable bonds is 6. The van der Waals surface area contributed by atoms with E-state index in [9.17, 15) is 0 Å². The van der Waals surface area contributed by atoms with E-state index in [1.54, 1.807) is 7.11 Å². The van der Waals surface area contributed by atoms with Gasteiger partial charge in [0.05, 0.1) is 19.4 Å². The highest BCUT2D eigenvalue weighted by atomic mass is 32.2. The number of benzene rings is 3. The van der Waals surface area contributed by atoms with Crippen molar-refractivity contribution in [1.82, 2.24) is 14.8 Å². The van der Waals surface area contributed by atoms with Gasteiger partial charge < -0.3 is 19.5 Å². The fraction of sp³-hybridized carbons (Fsp3) is 0.214. The minimum Gasteiger partial charge on any atom is -0.497 e. The molecular weight excluding hydrogens is 472 g/mol. The molecule has 0 radical (unpaired) electrons. The first kappa shape index (κ1) is 22.5. The van der Waals surface area contributed by atoms with Gasteiger partial charge in [0, 0.05) is 11.1 Å². The Kier molecular flexibility index (Phi) is 5.81. The number of methoxy groups -OCH3 is 1. The van der Waals surface area contributed by atoms with Crippen LogP contribution in [0.3, 0.4) is 0 Å². The van der Waals surface area contributed by atoms with Gasteiger partial charge in [-0.1, -0.05) is 48.2 Å². The third kappa shape index (κ3) is 3.78. The third-order valence-electron chi connectivity index (χ3n) is 6.47. The molecule has 182 valence electrons. The predicted molar refractivity (Wildman–Crippen MR) is 141 cm³/mol. The Labute approximate surface area is 214 Å². The van der Waals surface area contributed by atoms with Crippen molar-refractivity contribution < 1.29 is 14.2 Å². The summed E-state index contributed by atoms with van der Waals surface area (Å²) in [6, 6.07) is 24.2. The Morgan fingerprint density at radius 2 is 1.69 bits per heavy atom. The van der Waals surface area contributed by atoms with Crippen LogP contribution in [0.2, 0.25) is 0 Å². The van der Waals surface area contributed by atoms with Gasteiger partial charge in [-0.25, -0.2) is 4.68 Å². The maximum absolute atomic E-state index is 6.70. The van der Waals surface area contributed by atoms with Crippen LogP contribution < -0.4 is 19.5 Å². The first-order valence-corrected chi connectivity index (χ1v) is 13.1. The highest BCUT2D eigenvalue weighted by Crippen LogP contribution is 2.51. The summed E-state index contributed by atoms with van der Waals surface area (Å²) in [5.74, 6) is 3.18. The standard InChI is InChI=1S/C28H26N4O3S/c1-4-34-20-15-11-18(12-16-20)26-23-24(21-7-5-6-8-22(21)35-26)29-27-30-28(36-3)31-32(27)25(23)17-9-13-19(33-2)14-10-17/h5-16,25-26H,4H2,1-3H3,(H,29,30,31)/t25-,26+/m0/s1. The van der Waals surface area contributed by atoms with Crippen LogP contribution in [-0.2, 0) is 0 Å². The second-order valence-corrected chi connectivity index (χ2v) is 9.27. The van der Waals surface area contributed by atoms with Gasteiger partial charge in [-0.15, -0.1) is 5.10 Å². The molecule has 0 fully saturated rings. The molecule has 7 nitrogen and oxygen atoms in total. The molecule has 2 aliphatic rings. The molecule has 3 aromatic carbocycles. The molecule has 1 aromatic heterocycles. The molecule has 0 bridgehead atoms. The molecule has 6 rings (SSSR count). The molecule has 0 saturated heterocycles. The lowest BCUT2D eigenvalue weighted by Crippen LogP contribution is -2.32. The van der Waals surface area contributed by atoms with Gasteiger partial charge in [-0.05, 0) is 60.7 Å². The molecule has 0 aliphatic carbocycles. The van der Waals surface area contributed by atoms with Gasteiger partial charge in [-0.3, -0.25) is 0 Å². The van der Waals surface area contributed by atoms with Crippen molar-refractivity contribution in [1.29, 1.82) is 0 Å².